The van der Waals surface area contributed by atoms with Crippen LogP contribution >= 0.6 is 11.6 Å². The van der Waals surface area contributed by atoms with Crippen molar-refractivity contribution in [3.8, 4) is 11.1 Å². The summed E-state index contributed by atoms with van der Waals surface area (Å²) in [5.41, 5.74) is 2.44. The molecular formula is C30H33ClF3NO4. The third-order valence-corrected chi connectivity index (χ3v) is 6.97. The summed E-state index contributed by atoms with van der Waals surface area (Å²) in [6, 6.07) is 12.8. The number of nitrogens with one attached hydrogen (secondary N) is 1. The van der Waals surface area contributed by atoms with Crippen LogP contribution in [0.1, 0.15) is 54.8 Å². The number of allylic oxidation sites excluding steroid dienone is 4. The second-order valence-corrected chi connectivity index (χ2v) is 10.5. The van der Waals surface area contributed by atoms with E-state index in [0.29, 0.717) is 17.6 Å². The Morgan fingerprint density at radius 2 is 1.90 bits per heavy atom. The van der Waals surface area contributed by atoms with E-state index in [2.05, 4.69) is 5.32 Å². The average molecular weight is 564 g/mol. The first-order valence-electron chi connectivity index (χ1n) is 12.5. The van der Waals surface area contributed by atoms with E-state index in [9.17, 15) is 28.2 Å². The van der Waals surface area contributed by atoms with Gasteiger partial charge in [-0.3, -0.25) is 0 Å². The Kier molecular flexibility index (Phi) is 9.83. The predicted octanol–water partition coefficient (Wildman–Crippen LogP) is 7.11. The number of β-amino-alcohol motifs (C(OH)–C–C–N with tert-alkyl or cyclic N) is 1. The van der Waals surface area contributed by atoms with Crippen molar-refractivity contribution in [2.75, 3.05) is 13.2 Å². The van der Waals surface area contributed by atoms with Crippen molar-refractivity contribution < 1.29 is 32.9 Å². The predicted molar refractivity (Wildman–Crippen MR) is 147 cm³/mol. The summed E-state index contributed by atoms with van der Waals surface area (Å²) in [7, 11) is 0. The quantitative estimate of drug-likeness (QED) is 0.303. The van der Waals surface area contributed by atoms with Crippen molar-refractivity contribution in [3.05, 3.63) is 93.6 Å². The van der Waals surface area contributed by atoms with Crippen LogP contribution in [0.2, 0.25) is 0 Å². The molecule has 0 fully saturated rings. The second kappa shape index (κ2) is 12.5. The Labute approximate surface area is 231 Å². The molecule has 3 N–H and O–H groups in total. The number of alkyl halides is 3. The van der Waals surface area contributed by atoms with E-state index < -0.39 is 34.4 Å². The van der Waals surface area contributed by atoms with Crippen LogP contribution in [-0.4, -0.2) is 47.2 Å². The smallest absolute Gasteiger partial charge is 0.417 e. The number of hydrogen-bond donors (Lipinski definition) is 3. The molecule has 5 nitrogen and oxygen atoms in total. The number of aromatic carboxylic acids is 1. The second-order valence-electron chi connectivity index (χ2n) is 10.1. The number of aliphatic hydroxyl groups excluding tert-OH is 1. The van der Waals surface area contributed by atoms with Gasteiger partial charge in [-0.25, -0.2) is 4.79 Å². The van der Waals surface area contributed by atoms with Crippen LogP contribution in [0, 0.1) is 6.92 Å². The summed E-state index contributed by atoms with van der Waals surface area (Å²) in [5.74, 6) is -0.979. The highest BCUT2D eigenvalue weighted by atomic mass is 35.5. The normalized spacial score (nSPS) is 19.8. The van der Waals surface area contributed by atoms with Crippen LogP contribution in [0.15, 0.2) is 76.9 Å². The number of benzene rings is 2. The van der Waals surface area contributed by atoms with Gasteiger partial charge in [-0.15, -0.1) is 0 Å². The lowest BCUT2D eigenvalue weighted by atomic mass is 9.89. The van der Waals surface area contributed by atoms with Crippen LogP contribution in [0.5, 0.6) is 0 Å². The molecule has 2 aromatic rings. The molecule has 0 amide bonds. The van der Waals surface area contributed by atoms with Gasteiger partial charge in [0.1, 0.15) is 0 Å². The highest BCUT2D eigenvalue weighted by Gasteiger charge is 2.35. The van der Waals surface area contributed by atoms with Crippen molar-refractivity contribution >= 4 is 17.6 Å². The zero-order valence-corrected chi connectivity index (χ0v) is 23.0. The molecule has 9 heteroatoms. The number of carboxylic acids is 1. The fourth-order valence-electron chi connectivity index (χ4n) is 4.63. The molecule has 0 saturated heterocycles. The maximum absolute atomic E-state index is 13.3. The van der Waals surface area contributed by atoms with E-state index in [4.69, 9.17) is 16.3 Å². The third-order valence-electron chi connectivity index (χ3n) is 6.64. The van der Waals surface area contributed by atoms with Crippen molar-refractivity contribution in [3.63, 3.8) is 0 Å². The molecular weight excluding hydrogens is 531 g/mol. The number of hydrogen-bond acceptors (Lipinski definition) is 4. The fourth-order valence-corrected chi connectivity index (χ4v) is 4.86. The van der Waals surface area contributed by atoms with E-state index >= 15 is 0 Å². The third kappa shape index (κ3) is 8.05. The number of halogens is 4. The molecule has 3 rings (SSSR count). The van der Waals surface area contributed by atoms with E-state index in [1.54, 1.807) is 32.1 Å². The summed E-state index contributed by atoms with van der Waals surface area (Å²) < 4.78 is 45.8. The van der Waals surface area contributed by atoms with Crippen LogP contribution in [-0.2, 0) is 4.74 Å². The van der Waals surface area contributed by atoms with Gasteiger partial charge >= 0.3 is 12.1 Å². The first kappa shape index (κ1) is 30.6. The van der Waals surface area contributed by atoms with Crippen LogP contribution in [0.4, 0.5) is 13.2 Å². The van der Waals surface area contributed by atoms with Gasteiger partial charge in [0.25, 0.3) is 0 Å². The van der Waals surface area contributed by atoms with E-state index in [0.717, 1.165) is 22.8 Å². The van der Waals surface area contributed by atoms with Crippen molar-refractivity contribution in [1.29, 1.82) is 0 Å². The van der Waals surface area contributed by atoms with Crippen molar-refractivity contribution in [2.24, 2.45) is 0 Å². The molecule has 0 saturated carbocycles. The van der Waals surface area contributed by atoms with E-state index in [-0.39, 0.29) is 24.8 Å². The maximum atomic E-state index is 13.3. The van der Waals surface area contributed by atoms with Gasteiger partial charge in [0.05, 0.1) is 35.0 Å². The zero-order valence-electron chi connectivity index (χ0n) is 22.3. The lowest BCUT2D eigenvalue weighted by Crippen LogP contribution is -2.45. The first-order chi connectivity index (χ1) is 18.2. The number of aliphatic hydroxyl groups is 1. The minimum Gasteiger partial charge on any atom is -0.478 e. The van der Waals surface area contributed by atoms with E-state index in [1.807, 2.05) is 44.2 Å². The van der Waals surface area contributed by atoms with Gasteiger partial charge in [-0.05, 0) is 74.6 Å². The number of carbonyl (C=O) groups is 1. The number of ether oxygens (including phenoxy) is 1. The summed E-state index contributed by atoms with van der Waals surface area (Å²) in [4.78, 5) is 11.4. The lowest BCUT2D eigenvalue weighted by molar-refractivity contribution is -0.0885. The molecule has 0 bridgehead atoms. The highest BCUT2D eigenvalue weighted by molar-refractivity contribution is 6.31. The van der Waals surface area contributed by atoms with Crippen LogP contribution in [0.3, 0.4) is 0 Å². The van der Waals surface area contributed by atoms with Crippen LogP contribution < -0.4 is 5.32 Å². The molecule has 0 spiro atoms. The maximum Gasteiger partial charge on any atom is 0.417 e. The van der Waals surface area contributed by atoms with Gasteiger partial charge in [-0.2, -0.15) is 13.2 Å². The molecule has 1 aliphatic carbocycles. The molecule has 0 radical (unpaired) electrons. The Morgan fingerprint density at radius 1 is 1.21 bits per heavy atom. The topological polar surface area (TPSA) is 78.8 Å². The van der Waals surface area contributed by atoms with Gasteiger partial charge in [0.15, 0.2) is 0 Å². The zero-order chi connectivity index (χ0) is 29.0. The summed E-state index contributed by atoms with van der Waals surface area (Å²) in [5, 5.41) is 22.8. The Hall–Kier alpha value is -2.91. The number of aryl methyl sites for hydroxylation is 1. The number of carboxylic acid groups (broad SMARTS) is 1. The Balaban J connectivity index is 1.65. The summed E-state index contributed by atoms with van der Waals surface area (Å²) in [6.45, 7) is 7.23. The Morgan fingerprint density at radius 3 is 2.54 bits per heavy atom. The minimum atomic E-state index is -4.55. The minimum absolute atomic E-state index is 0.0208. The van der Waals surface area contributed by atoms with Crippen LogP contribution in [0.25, 0.3) is 11.1 Å². The average Bonchev–Trinajstić information content (AvgIpc) is 2.86. The standard InChI is InChI=1S/C30H33ClF3NO4/c1-18-13-26(30(32,33)34)27(31)11-12-29(4,15-18)35-16-22(36)17-39-20(3)24-7-5-6-8-25(24)21-9-10-23(28(37)38)19(2)14-21/h5-14,20,22,35-36H,15-17H2,1-4H3,(H,37,38)/t20-,22-,29?/m1/s1. The van der Waals surface area contributed by atoms with Gasteiger partial charge in [0.2, 0.25) is 0 Å². The Bertz CT molecular complexity index is 1300. The van der Waals surface area contributed by atoms with Crippen molar-refractivity contribution in [2.45, 2.75) is 58.0 Å². The summed E-state index contributed by atoms with van der Waals surface area (Å²) >= 11 is 5.93. The fraction of sp³-hybridized carbons (Fsp3) is 0.367. The molecule has 0 heterocycles. The molecule has 1 unspecified atom stereocenters. The molecule has 0 aliphatic heterocycles. The monoisotopic (exact) mass is 563 g/mol. The SMILES string of the molecule is CC1=CC(C(F)(F)F)=C(Cl)C=CC(C)(NC[C@@H](O)CO[C@H](C)c2ccccc2-c2ccc(C(=O)O)c(C)c2)C1. The lowest BCUT2D eigenvalue weighted by Gasteiger charge is -2.31. The highest BCUT2D eigenvalue weighted by Crippen LogP contribution is 2.35. The molecule has 1 aliphatic rings. The number of rotatable bonds is 9. The first-order valence-corrected chi connectivity index (χ1v) is 12.9. The molecule has 3 atom stereocenters. The van der Waals surface area contributed by atoms with Gasteiger partial charge in [0, 0.05) is 12.1 Å². The largest absolute Gasteiger partial charge is 0.478 e. The molecule has 0 aromatic heterocycles. The molecule has 2 aromatic carbocycles. The van der Waals surface area contributed by atoms with Gasteiger partial charge in [-0.1, -0.05) is 59.6 Å². The summed E-state index contributed by atoms with van der Waals surface area (Å²) in [6.07, 6.45) is -1.62. The van der Waals surface area contributed by atoms with E-state index in [1.165, 1.54) is 6.08 Å². The van der Waals surface area contributed by atoms with Gasteiger partial charge < -0.3 is 20.3 Å². The molecule has 210 valence electrons. The molecule has 39 heavy (non-hydrogen) atoms. The van der Waals surface area contributed by atoms with Crippen molar-refractivity contribution in [1.82, 2.24) is 5.32 Å².